The molecule has 3 rings (SSSR count). The number of aromatic hydroxyl groups is 1. The molecule has 0 bridgehead atoms. The molecule has 0 fully saturated rings. The van der Waals surface area contributed by atoms with Crippen molar-refractivity contribution in [2.75, 3.05) is 6.61 Å². The van der Waals surface area contributed by atoms with Crippen molar-refractivity contribution >= 4 is 11.0 Å². The van der Waals surface area contributed by atoms with E-state index in [1.165, 1.54) is 128 Å². The van der Waals surface area contributed by atoms with Crippen LogP contribution < -0.4 is 10.2 Å². The van der Waals surface area contributed by atoms with E-state index in [-0.39, 0.29) is 41.3 Å². The summed E-state index contributed by atoms with van der Waals surface area (Å²) in [6.07, 6.45) is 32.3. The predicted octanol–water partition coefficient (Wildman–Crippen LogP) is 13.5. The van der Waals surface area contributed by atoms with Crippen LogP contribution in [-0.4, -0.2) is 34.1 Å². The topological polar surface area (TPSA) is 100 Å². The highest BCUT2D eigenvalue weighted by molar-refractivity contribution is 5.90. The Bertz CT molecular complexity index is 1630. The second-order valence-electron chi connectivity index (χ2n) is 16.6. The van der Waals surface area contributed by atoms with Crippen LogP contribution in [0.5, 0.6) is 11.5 Å². The number of ether oxygens (including phenoxy) is 1. The molecule has 0 amide bonds. The van der Waals surface area contributed by atoms with E-state index >= 15 is 0 Å². The van der Waals surface area contributed by atoms with E-state index in [9.17, 15) is 20.1 Å². The van der Waals surface area contributed by atoms with Gasteiger partial charge in [-0.1, -0.05) is 171 Å². The zero-order chi connectivity index (χ0) is 40.5. The molecule has 3 aromatic rings. The molecule has 0 aliphatic heterocycles. The molecule has 0 aliphatic carbocycles. The summed E-state index contributed by atoms with van der Waals surface area (Å²) in [5.74, 6) is 0.525. The molecule has 312 valence electrons. The Kier molecular flexibility index (Phi) is 22.9. The molecule has 0 saturated heterocycles. The van der Waals surface area contributed by atoms with Crippen molar-refractivity contribution in [2.45, 2.75) is 194 Å². The maximum atomic E-state index is 13.9. The number of unbranched alkanes of at least 4 members (excludes halogenated alkanes) is 20. The first-order valence-corrected chi connectivity index (χ1v) is 22.3. The van der Waals surface area contributed by atoms with Gasteiger partial charge in [0.1, 0.15) is 34.8 Å². The number of aliphatic hydroxyl groups is 2. The quantitative estimate of drug-likeness (QED) is 0.0445. The van der Waals surface area contributed by atoms with Gasteiger partial charge in [0.25, 0.3) is 0 Å². The number of rotatable bonds is 31. The SMILES string of the molecule is C=C(C)C(O)Cc1cc(CC=C(C)C)c(O)c2c(=O)c(-c3ccc(OC(CO)CCCCCCCCCCCCCCCCCCCCCCC)cc3)coc12. The molecule has 56 heavy (non-hydrogen) atoms. The summed E-state index contributed by atoms with van der Waals surface area (Å²) in [5, 5.41) is 32.0. The fourth-order valence-corrected chi connectivity index (χ4v) is 7.52. The summed E-state index contributed by atoms with van der Waals surface area (Å²) in [7, 11) is 0. The molecule has 2 unspecified atom stereocenters. The highest BCUT2D eigenvalue weighted by Crippen LogP contribution is 2.34. The Hall–Kier alpha value is -3.35. The molecule has 0 saturated carbocycles. The number of phenols is 1. The molecule has 6 heteroatoms. The summed E-state index contributed by atoms with van der Waals surface area (Å²) in [5.41, 5.74) is 3.82. The van der Waals surface area contributed by atoms with Gasteiger partial charge < -0.3 is 24.5 Å². The number of hydrogen-bond acceptors (Lipinski definition) is 6. The van der Waals surface area contributed by atoms with Gasteiger partial charge in [-0.25, -0.2) is 0 Å². The Morgan fingerprint density at radius 3 is 1.73 bits per heavy atom. The van der Waals surface area contributed by atoms with Crippen molar-refractivity contribution in [3.8, 4) is 22.6 Å². The second-order valence-corrected chi connectivity index (χ2v) is 16.6. The zero-order valence-corrected chi connectivity index (χ0v) is 35.6. The molecule has 0 radical (unpaired) electrons. The van der Waals surface area contributed by atoms with Gasteiger partial charge in [0.05, 0.1) is 18.3 Å². The maximum absolute atomic E-state index is 13.9. The Labute approximate surface area is 339 Å². The fourth-order valence-electron chi connectivity index (χ4n) is 7.52. The van der Waals surface area contributed by atoms with Gasteiger partial charge in [-0.15, -0.1) is 0 Å². The van der Waals surface area contributed by atoms with E-state index in [0.29, 0.717) is 40.0 Å². The van der Waals surface area contributed by atoms with Crippen LogP contribution in [0.3, 0.4) is 0 Å². The lowest BCUT2D eigenvalue weighted by Crippen LogP contribution is -2.21. The van der Waals surface area contributed by atoms with Gasteiger partial charge >= 0.3 is 0 Å². The summed E-state index contributed by atoms with van der Waals surface area (Å²) in [6, 6.07) is 9.02. The van der Waals surface area contributed by atoms with E-state index in [0.717, 1.165) is 24.8 Å². The molecule has 0 aliphatic rings. The number of allylic oxidation sites excluding steroid dienone is 2. The Balaban J connectivity index is 1.37. The minimum Gasteiger partial charge on any atom is -0.507 e. The smallest absolute Gasteiger partial charge is 0.204 e. The number of fused-ring (bicyclic) bond motifs is 1. The minimum absolute atomic E-state index is 0.0496. The van der Waals surface area contributed by atoms with Crippen LogP contribution in [0, 0.1) is 0 Å². The predicted molar refractivity (Wildman–Crippen MR) is 236 cm³/mol. The van der Waals surface area contributed by atoms with Crippen molar-refractivity contribution in [2.24, 2.45) is 0 Å². The molecule has 2 aromatic carbocycles. The van der Waals surface area contributed by atoms with E-state index < -0.39 is 6.10 Å². The highest BCUT2D eigenvalue weighted by Gasteiger charge is 2.21. The molecule has 6 nitrogen and oxygen atoms in total. The van der Waals surface area contributed by atoms with E-state index in [1.54, 1.807) is 37.3 Å². The lowest BCUT2D eigenvalue weighted by molar-refractivity contribution is 0.106. The van der Waals surface area contributed by atoms with E-state index in [4.69, 9.17) is 9.15 Å². The third-order valence-electron chi connectivity index (χ3n) is 11.2. The van der Waals surface area contributed by atoms with Gasteiger partial charge in [0.2, 0.25) is 5.43 Å². The zero-order valence-electron chi connectivity index (χ0n) is 35.6. The number of phenolic OH excluding ortho intramolecular Hbond substituents is 1. The Morgan fingerprint density at radius 2 is 1.27 bits per heavy atom. The summed E-state index contributed by atoms with van der Waals surface area (Å²) < 4.78 is 12.1. The number of benzene rings is 2. The van der Waals surface area contributed by atoms with Crippen LogP contribution in [0.2, 0.25) is 0 Å². The van der Waals surface area contributed by atoms with Crippen LogP contribution >= 0.6 is 0 Å². The summed E-state index contributed by atoms with van der Waals surface area (Å²) in [6.45, 7) is 11.8. The fraction of sp³-hybridized carbons (Fsp3) is 0.620. The average Bonchev–Trinajstić information content (AvgIpc) is 3.18. The second kappa shape index (κ2) is 27.3. The third-order valence-corrected chi connectivity index (χ3v) is 11.2. The first kappa shape index (κ1) is 47.0. The Morgan fingerprint density at radius 1 is 0.768 bits per heavy atom. The van der Waals surface area contributed by atoms with E-state index in [2.05, 4.69) is 13.5 Å². The molecule has 1 aromatic heterocycles. The lowest BCUT2D eigenvalue weighted by atomic mass is 9.95. The molecule has 3 N–H and O–H groups in total. The van der Waals surface area contributed by atoms with Crippen molar-refractivity contribution in [3.05, 3.63) is 81.7 Å². The monoisotopic (exact) mass is 773 g/mol. The average molecular weight is 773 g/mol. The van der Waals surface area contributed by atoms with Gasteiger partial charge in [-0.2, -0.15) is 0 Å². The van der Waals surface area contributed by atoms with E-state index in [1.807, 2.05) is 19.9 Å². The molecular weight excluding hydrogens is 697 g/mol. The van der Waals surface area contributed by atoms with Crippen molar-refractivity contribution in [1.82, 2.24) is 0 Å². The molecule has 0 spiro atoms. The lowest BCUT2D eigenvalue weighted by Gasteiger charge is -2.17. The van der Waals surface area contributed by atoms with Crippen LogP contribution in [0.25, 0.3) is 22.1 Å². The van der Waals surface area contributed by atoms with Crippen molar-refractivity contribution < 1.29 is 24.5 Å². The first-order valence-electron chi connectivity index (χ1n) is 22.3. The van der Waals surface area contributed by atoms with Crippen LogP contribution in [0.1, 0.15) is 180 Å². The summed E-state index contributed by atoms with van der Waals surface area (Å²) >= 11 is 0. The van der Waals surface area contributed by atoms with Crippen LogP contribution in [0.15, 0.2) is 69.6 Å². The normalized spacial score (nSPS) is 12.5. The largest absolute Gasteiger partial charge is 0.507 e. The van der Waals surface area contributed by atoms with Gasteiger partial charge in [-0.05, 0) is 74.9 Å². The number of hydrogen-bond donors (Lipinski definition) is 3. The first-order chi connectivity index (χ1) is 27.2. The minimum atomic E-state index is -0.808. The third kappa shape index (κ3) is 17.0. The number of aliphatic hydroxyl groups excluding tert-OH is 2. The molecule has 2 atom stereocenters. The van der Waals surface area contributed by atoms with Crippen LogP contribution in [-0.2, 0) is 12.8 Å². The summed E-state index contributed by atoms with van der Waals surface area (Å²) in [4.78, 5) is 13.9. The standard InChI is InChI=1S/C50H76O6/c1-6-7-8-9-10-11-12-13-14-15-16-17-18-19-20-21-22-23-24-25-26-27-44(36-51)56-43-32-30-40(31-33-43)45-37-55-50-42(35-46(52)39(4)5)34-41(29-28-38(2)3)48(53)47(50)49(45)54/h28,30-34,37,44,46,51-53H,4,6-27,29,35-36H2,1-3,5H3. The van der Waals surface area contributed by atoms with Crippen LogP contribution in [0.4, 0.5) is 0 Å². The highest BCUT2D eigenvalue weighted by atomic mass is 16.5. The van der Waals surface area contributed by atoms with Crippen molar-refractivity contribution in [3.63, 3.8) is 0 Å². The van der Waals surface area contributed by atoms with Gasteiger partial charge in [0.15, 0.2) is 0 Å². The van der Waals surface area contributed by atoms with Gasteiger partial charge in [0, 0.05) is 6.42 Å². The maximum Gasteiger partial charge on any atom is 0.204 e. The molecular formula is C50H76O6. The van der Waals surface area contributed by atoms with Crippen molar-refractivity contribution in [1.29, 1.82) is 0 Å². The van der Waals surface area contributed by atoms with Gasteiger partial charge in [-0.3, -0.25) is 4.79 Å². The molecule has 1 heterocycles.